The molecule has 1 aromatic carbocycles. The predicted octanol–water partition coefficient (Wildman–Crippen LogP) is 4.44. The van der Waals surface area contributed by atoms with E-state index in [1.165, 1.54) is 32.1 Å². The summed E-state index contributed by atoms with van der Waals surface area (Å²) >= 11 is 7.44. The largest absolute Gasteiger partial charge is 0.492 e. The van der Waals surface area contributed by atoms with E-state index < -0.39 is 0 Å². The minimum atomic E-state index is 0.650. The fourth-order valence-electron chi connectivity index (χ4n) is 2.64. The summed E-state index contributed by atoms with van der Waals surface area (Å²) in [5.41, 5.74) is 0.918. The maximum absolute atomic E-state index is 5.59. The number of rotatable bonds is 7. The van der Waals surface area contributed by atoms with Crippen molar-refractivity contribution in [2.75, 3.05) is 24.2 Å². The third-order valence-corrected chi connectivity index (χ3v) is 5.36. The van der Waals surface area contributed by atoms with Crippen molar-refractivity contribution in [3.63, 3.8) is 0 Å². The molecule has 0 amide bonds. The lowest BCUT2D eigenvalue weighted by Gasteiger charge is -2.21. The van der Waals surface area contributed by atoms with Gasteiger partial charge < -0.3 is 15.4 Å². The summed E-state index contributed by atoms with van der Waals surface area (Å²) in [6.07, 6.45) is 6.99. The van der Waals surface area contributed by atoms with E-state index in [4.69, 9.17) is 17.0 Å². The monoisotopic (exact) mass is 338 g/mol. The number of anilines is 1. The second-order valence-corrected chi connectivity index (χ2v) is 7.26. The molecule has 0 bridgehead atoms. The minimum absolute atomic E-state index is 0.650. The van der Waals surface area contributed by atoms with Gasteiger partial charge in [-0.2, -0.15) is 11.8 Å². The predicted molar refractivity (Wildman–Crippen MR) is 101 cm³/mol. The van der Waals surface area contributed by atoms with Crippen LogP contribution in [0.2, 0.25) is 0 Å². The summed E-state index contributed by atoms with van der Waals surface area (Å²) in [7, 11) is 0. The molecule has 3 nitrogen and oxygen atoms in total. The molecule has 0 heterocycles. The van der Waals surface area contributed by atoms with Gasteiger partial charge in [-0.25, -0.2) is 0 Å². The zero-order valence-corrected chi connectivity index (χ0v) is 14.9. The number of para-hydroxylation sites is 2. The van der Waals surface area contributed by atoms with Crippen LogP contribution in [0, 0.1) is 0 Å². The number of thiocarbonyl (C=S) groups is 1. The molecule has 2 rings (SSSR count). The molecule has 0 unspecified atom stereocenters. The van der Waals surface area contributed by atoms with Crippen LogP contribution >= 0.6 is 24.0 Å². The molecule has 5 heteroatoms. The smallest absolute Gasteiger partial charge is 0.170 e. The lowest BCUT2D eigenvalue weighted by Crippen LogP contribution is -2.30. The first-order valence-corrected chi connectivity index (χ1v) is 9.63. The van der Waals surface area contributed by atoms with Crippen molar-refractivity contribution in [3.8, 4) is 5.75 Å². The van der Waals surface area contributed by atoms with E-state index in [9.17, 15) is 0 Å². The van der Waals surface area contributed by atoms with Crippen LogP contribution in [-0.2, 0) is 0 Å². The topological polar surface area (TPSA) is 33.3 Å². The second-order valence-electron chi connectivity index (χ2n) is 5.44. The summed E-state index contributed by atoms with van der Waals surface area (Å²) in [6.45, 7) is 3.54. The van der Waals surface area contributed by atoms with Crippen LogP contribution in [0.3, 0.4) is 0 Å². The zero-order valence-electron chi connectivity index (χ0n) is 13.3. The third kappa shape index (κ3) is 6.05. The Bertz CT molecular complexity index is 462. The summed E-state index contributed by atoms with van der Waals surface area (Å²) in [5, 5.41) is 8.02. The Labute approximate surface area is 143 Å². The van der Waals surface area contributed by atoms with Crippen LogP contribution in [0.5, 0.6) is 5.75 Å². The average Bonchev–Trinajstić information content (AvgIpc) is 2.55. The van der Waals surface area contributed by atoms with Crippen LogP contribution in [0.1, 0.15) is 39.0 Å². The summed E-state index contributed by atoms with van der Waals surface area (Å²) in [6, 6.07) is 7.88. The second kappa shape index (κ2) is 9.95. The molecule has 0 atom stereocenters. The Balaban J connectivity index is 1.67. The normalized spacial score (nSPS) is 15.3. The van der Waals surface area contributed by atoms with Crippen molar-refractivity contribution in [1.82, 2.24) is 5.32 Å². The standard InChI is InChI=1S/C17H26N2OS2/c1-2-20-16-11-7-6-10-15(16)19-17(21)18-12-13-22-14-8-4-3-5-9-14/h6-7,10-11,14H,2-5,8-9,12-13H2,1H3,(H2,18,19,21). The number of hydrogen-bond donors (Lipinski definition) is 2. The van der Waals surface area contributed by atoms with Gasteiger partial charge in [0.25, 0.3) is 0 Å². The van der Waals surface area contributed by atoms with Gasteiger partial charge in [0, 0.05) is 17.5 Å². The van der Waals surface area contributed by atoms with Gasteiger partial charge in [0.2, 0.25) is 0 Å². The lowest BCUT2D eigenvalue weighted by atomic mass is 10.0. The molecule has 1 saturated carbocycles. The Morgan fingerprint density at radius 2 is 2.05 bits per heavy atom. The third-order valence-electron chi connectivity index (χ3n) is 3.73. The highest BCUT2D eigenvalue weighted by Gasteiger charge is 2.13. The van der Waals surface area contributed by atoms with Crippen LogP contribution in [0.15, 0.2) is 24.3 Å². The van der Waals surface area contributed by atoms with Gasteiger partial charge in [-0.05, 0) is 44.1 Å². The number of nitrogens with one attached hydrogen (secondary N) is 2. The molecule has 122 valence electrons. The first-order chi connectivity index (χ1) is 10.8. The minimum Gasteiger partial charge on any atom is -0.492 e. The first-order valence-electron chi connectivity index (χ1n) is 8.18. The van der Waals surface area contributed by atoms with Crippen molar-refractivity contribution in [2.45, 2.75) is 44.3 Å². The Morgan fingerprint density at radius 1 is 1.27 bits per heavy atom. The fourth-order valence-corrected chi connectivity index (χ4v) is 4.07. The van der Waals surface area contributed by atoms with Crippen molar-refractivity contribution < 1.29 is 4.74 Å². The van der Waals surface area contributed by atoms with E-state index in [1.807, 2.05) is 31.2 Å². The molecule has 1 aliphatic carbocycles. The number of benzene rings is 1. The van der Waals surface area contributed by atoms with Gasteiger partial charge in [-0.1, -0.05) is 31.4 Å². The van der Waals surface area contributed by atoms with Gasteiger partial charge in [-0.3, -0.25) is 0 Å². The van der Waals surface area contributed by atoms with Crippen molar-refractivity contribution in [2.24, 2.45) is 0 Å². The fraction of sp³-hybridized carbons (Fsp3) is 0.588. The molecule has 0 aromatic heterocycles. The van der Waals surface area contributed by atoms with Crippen LogP contribution in [0.25, 0.3) is 0 Å². The SMILES string of the molecule is CCOc1ccccc1NC(=S)NCCSC1CCCCC1. The lowest BCUT2D eigenvalue weighted by molar-refractivity contribution is 0.342. The highest BCUT2D eigenvalue weighted by molar-refractivity contribution is 7.99. The van der Waals surface area contributed by atoms with Gasteiger partial charge >= 0.3 is 0 Å². The molecule has 2 N–H and O–H groups in total. The zero-order chi connectivity index (χ0) is 15.6. The number of hydrogen-bond acceptors (Lipinski definition) is 3. The molecule has 1 fully saturated rings. The van der Waals surface area contributed by atoms with Gasteiger partial charge in [0.15, 0.2) is 5.11 Å². The van der Waals surface area contributed by atoms with Gasteiger partial charge in [0.05, 0.1) is 12.3 Å². The number of thioether (sulfide) groups is 1. The van der Waals surface area contributed by atoms with Gasteiger partial charge in [0.1, 0.15) is 5.75 Å². The van der Waals surface area contributed by atoms with Crippen molar-refractivity contribution in [3.05, 3.63) is 24.3 Å². The Morgan fingerprint density at radius 3 is 2.82 bits per heavy atom. The Kier molecular flexibility index (Phi) is 7.88. The van der Waals surface area contributed by atoms with E-state index in [0.29, 0.717) is 11.7 Å². The summed E-state index contributed by atoms with van der Waals surface area (Å²) in [4.78, 5) is 0. The molecule has 22 heavy (non-hydrogen) atoms. The quantitative estimate of drug-likeness (QED) is 0.567. The highest BCUT2D eigenvalue weighted by Crippen LogP contribution is 2.27. The van der Waals surface area contributed by atoms with Crippen molar-refractivity contribution in [1.29, 1.82) is 0 Å². The summed E-state index contributed by atoms with van der Waals surface area (Å²) < 4.78 is 5.59. The van der Waals surface area contributed by atoms with E-state index in [0.717, 1.165) is 29.0 Å². The van der Waals surface area contributed by atoms with E-state index >= 15 is 0 Å². The Hall–Kier alpha value is -0.940. The van der Waals surface area contributed by atoms with Crippen LogP contribution in [0.4, 0.5) is 5.69 Å². The average molecular weight is 339 g/mol. The highest BCUT2D eigenvalue weighted by atomic mass is 32.2. The number of ether oxygens (including phenoxy) is 1. The van der Waals surface area contributed by atoms with Crippen LogP contribution in [-0.4, -0.2) is 29.3 Å². The molecule has 0 spiro atoms. The molecule has 0 saturated heterocycles. The maximum atomic E-state index is 5.59. The molecule has 1 aliphatic rings. The van der Waals surface area contributed by atoms with E-state index in [1.54, 1.807) is 0 Å². The van der Waals surface area contributed by atoms with E-state index in [2.05, 4.69) is 22.4 Å². The molecular weight excluding hydrogens is 312 g/mol. The van der Waals surface area contributed by atoms with Crippen molar-refractivity contribution >= 4 is 34.8 Å². The van der Waals surface area contributed by atoms with Gasteiger partial charge in [-0.15, -0.1) is 0 Å². The van der Waals surface area contributed by atoms with Crippen LogP contribution < -0.4 is 15.4 Å². The van der Waals surface area contributed by atoms with E-state index in [-0.39, 0.29) is 0 Å². The molecule has 0 radical (unpaired) electrons. The maximum Gasteiger partial charge on any atom is 0.170 e. The molecule has 1 aromatic rings. The first kappa shape index (κ1) is 17.4. The summed E-state index contributed by atoms with van der Waals surface area (Å²) in [5.74, 6) is 1.95. The molecule has 0 aliphatic heterocycles. The molecular formula is C17H26N2OS2.